The predicted octanol–water partition coefficient (Wildman–Crippen LogP) is 1.47. The molecule has 0 aliphatic carbocycles. The molecule has 1 fully saturated rings. The summed E-state index contributed by atoms with van der Waals surface area (Å²) in [5.41, 5.74) is 0.582. The highest BCUT2D eigenvalue weighted by molar-refractivity contribution is 6.30. The number of epoxide rings is 1. The lowest BCUT2D eigenvalue weighted by Crippen LogP contribution is -2.27. The molecule has 0 saturated carbocycles. The fraction of sp³-hybridized carbons (Fsp3) is 0.300. The third-order valence-corrected chi connectivity index (χ3v) is 2.21. The number of carbonyl (C=O) groups is 1. The molecule has 1 aromatic rings. The zero-order valence-corrected chi connectivity index (χ0v) is 8.25. The van der Waals surface area contributed by atoms with Crippen LogP contribution in [0.15, 0.2) is 24.3 Å². The van der Waals surface area contributed by atoms with Crippen molar-refractivity contribution in [2.24, 2.45) is 0 Å². The fourth-order valence-electron chi connectivity index (χ4n) is 1.12. The van der Waals surface area contributed by atoms with Gasteiger partial charge in [-0.1, -0.05) is 17.7 Å². The summed E-state index contributed by atoms with van der Waals surface area (Å²) in [6, 6.07) is 6.87. The molecule has 14 heavy (non-hydrogen) atoms. The zero-order valence-electron chi connectivity index (χ0n) is 7.50. The highest BCUT2D eigenvalue weighted by atomic mass is 35.5. The third-order valence-electron chi connectivity index (χ3n) is 1.98. The maximum atomic E-state index is 11.5. The molecule has 0 unspecified atom stereocenters. The highest BCUT2D eigenvalue weighted by Crippen LogP contribution is 2.11. The first-order valence-electron chi connectivity index (χ1n) is 4.41. The van der Waals surface area contributed by atoms with Gasteiger partial charge in [-0.05, 0) is 18.2 Å². The molecule has 1 heterocycles. The van der Waals surface area contributed by atoms with Crippen molar-refractivity contribution in [2.75, 3.05) is 13.2 Å². The summed E-state index contributed by atoms with van der Waals surface area (Å²) in [6.07, 6.45) is 0.207. The van der Waals surface area contributed by atoms with Crippen LogP contribution in [0.25, 0.3) is 0 Å². The van der Waals surface area contributed by atoms with Gasteiger partial charge in [-0.3, -0.25) is 4.79 Å². The van der Waals surface area contributed by atoms with Gasteiger partial charge in [0.2, 0.25) is 0 Å². The number of nitrogens with one attached hydrogen (secondary N) is 1. The van der Waals surface area contributed by atoms with Gasteiger partial charge in [-0.2, -0.15) is 0 Å². The standard InChI is InChI=1S/C10H10ClNO2/c11-8-3-1-2-7(4-8)10(13)12-5-9-6-14-9/h1-4,9H,5-6H2,(H,12,13)/t9-/m1/s1. The van der Waals surface area contributed by atoms with Crippen LogP contribution in [-0.2, 0) is 4.74 Å². The number of hydrogen-bond acceptors (Lipinski definition) is 2. The lowest BCUT2D eigenvalue weighted by molar-refractivity contribution is 0.0950. The van der Waals surface area contributed by atoms with E-state index in [4.69, 9.17) is 16.3 Å². The van der Waals surface area contributed by atoms with Crippen LogP contribution in [-0.4, -0.2) is 25.2 Å². The second kappa shape index (κ2) is 3.98. The maximum absolute atomic E-state index is 11.5. The molecule has 0 aromatic heterocycles. The minimum absolute atomic E-state index is 0.108. The molecule has 74 valence electrons. The fourth-order valence-corrected chi connectivity index (χ4v) is 1.31. The Balaban J connectivity index is 1.95. The van der Waals surface area contributed by atoms with E-state index in [1.807, 2.05) is 0 Å². The molecule has 3 nitrogen and oxygen atoms in total. The topological polar surface area (TPSA) is 41.6 Å². The molecule has 1 N–H and O–H groups in total. The van der Waals surface area contributed by atoms with Crippen molar-refractivity contribution in [3.8, 4) is 0 Å². The Bertz CT molecular complexity index is 350. The van der Waals surface area contributed by atoms with Crippen molar-refractivity contribution < 1.29 is 9.53 Å². The average molecular weight is 212 g/mol. The molecule has 1 aromatic carbocycles. The molecule has 0 radical (unpaired) electrons. The Hall–Kier alpha value is -1.06. The summed E-state index contributed by atoms with van der Waals surface area (Å²) in [6.45, 7) is 1.32. The molecular formula is C10H10ClNO2. The van der Waals surface area contributed by atoms with E-state index in [1.54, 1.807) is 24.3 Å². The average Bonchev–Trinajstić information content (AvgIpc) is 2.97. The summed E-state index contributed by atoms with van der Waals surface area (Å²) in [7, 11) is 0. The molecule has 0 spiro atoms. The minimum Gasteiger partial charge on any atom is -0.371 e. The van der Waals surface area contributed by atoms with E-state index in [-0.39, 0.29) is 12.0 Å². The van der Waals surface area contributed by atoms with Crippen LogP contribution in [0.1, 0.15) is 10.4 Å². The third kappa shape index (κ3) is 2.47. The van der Waals surface area contributed by atoms with Gasteiger partial charge >= 0.3 is 0 Å². The molecule has 1 aliphatic heterocycles. The Labute approximate surface area is 87.0 Å². The number of ether oxygens (including phenoxy) is 1. The molecule has 1 amide bonds. The molecular weight excluding hydrogens is 202 g/mol. The minimum atomic E-state index is -0.108. The van der Waals surface area contributed by atoms with Gasteiger partial charge < -0.3 is 10.1 Å². The maximum Gasteiger partial charge on any atom is 0.251 e. The molecule has 1 saturated heterocycles. The Morgan fingerprint density at radius 3 is 3.07 bits per heavy atom. The Kier molecular flexibility index (Phi) is 2.70. The first-order valence-corrected chi connectivity index (χ1v) is 4.79. The van der Waals surface area contributed by atoms with E-state index in [2.05, 4.69) is 5.32 Å². The number of carbonyl (C=O) groups excluding carboxylic acids is 1. The van der Waals surface area contributed by atoms with Crippen molar-refractivity contribution >= 4 is 17.5 Å². The van der Waals surface area contributed by atoms with Gasteiger partial charge in [-0.25, -0.2) is 0 Å². The quantitative estimate of drug-likeness (QED) is 0.770. The van der Waals surface area contributed by atoms with E-state index >= 15 is 0 Å². The first kappa shape index (κ1) is 9.49. The van der Waals surface area contributed by atoms with E-state index in [0.29, 0.717) is 17.1 Å². The molecule has 0 bridgehead atoms. The van der Waals surface area contributed by atoms with Crippen molar-refractivity contribution in [1.29, 1.82) is 0 Å². The van der Waals surface area contributed by atoms with Crippen LogP contribution in [0.2, 0.25) is 5.02 Å². The van der Waals surface area contributed by atoms with Crippen LogP contribution in [0.5, 0.6) is 0 Å². The first-order chi connectivity index (χ1) is 6.75. The Morgan fingerprint density at radius 2 is 2.43 bits per heavy atom. The van der Waals surface area contributed by atoms with Gasteiger partial charge in [-0.15, -0.1) is 0 Å². The van der Waals surface area contributed by atoms with Crippen molar-refractivity contribution in [3.63, 3.8) is 0 Å². The van der Waals surface area contributed by atoms with Crippen LogP contribution in [0, 0.1) is 0 Å². The summed E-state index contributed by atoms with van der Waals surface area (Å²) in [5.74, 6) is -0.108. The van der Waals surface area contributed by atoms with E-state index in [9.17, 15) is 4.79 Å². The van der Waals surface area contributed by atoms with Gasteiger partial charge in [0.05, 0.1) is 12.7 Å². The van der Waals surface area contributed by atoms with Gasteiger partial charge in [0.15, 0.2) is 0 Å². The van der Waals surface area contributed by atoms with Crippen molar-refractivity contribution in [1.82, 2.24) is 5.32 Å². The second-order valence-electron chi connectivity index (χ2n) is 3.18. The van der Waals surface area contributed by atoms with Crippen molar-refractivity contribution in [3.05, 3.63) is 34.9 Å². The summed E-state index contributed by atoms with van der Waals surface area (Å²) < 4.78 is 4.98. The molecule has 2 rings (SSSR count). The van der Waals surface area contributed by atoms with Gasteiger partial charge in [0.1, 0.15) is 0 Å². The Morgan fingerprint density at radius 1 is 1.64 bits per heavy atom. The van der Waals surface area contributed by atoms with E-state index in [0.717, 1.165) is 6.61 Å². The number of benzene rings is 1. The number of rotatable bonds is 3. The van der Waals surface area contributed by atoms with Crippen LogP contribution < -0.4 is 5.32 Å². The molecule has 4 heteroatoms. The van der Waals surface area contributed by atoms with Crippen molar-refractivity contribution in [2.45, 2.75) is 6.10 Å². The number of halogens is 1. The largest absolute Gasteiger partial charge is 0.371 e. The predicted molar refractivity (Wildman–Crippen MR) is 53.5 cm³/mol. The van der Waals surface area contributed by atoms with Crippen LogP contribution in [0.3, 0.4) is 0 Å². The smallest absolute Gasteiger partial charge is 0.251 e. The summed E-state index contributed by atoms with van der Waals surface area (Å²) in [5, 5.41) is 3.34. The normalized spacial score (nSPS) is 19.1. The summed E-state index contributed by atoms with van der Waals surface area (Å²) in [4.78, 5) is 11.5. The van der Waals surface area contributed by atoms with E-state index < -0.39 is 0 Å². The zero-order chi connectivity index (χ0) is 9.97. The highest BCUT2D eigenvalue weighted by Gasteiger charge is 2.22. The monoisotopic (exact) mass is 211 g/mol. The lowest BCUT2D eigenvalue weighted by atomic mass is 10.2. The summed E-state index contributed by atoms with van der Waals surface area (Å²) >= 11 is 5.76. The second-order valence-corrected chi connectivity index (χ2v) is 3.61. The SMILES string of the molecule is O=C(NC[C@@H]1CO1)c1cccc(Cl)c1. The lowest BCUT2D eigenvalue weighted by Gasteiger charge is -2.02. The molecule has 1 aliphatic rings. The number of hydrogen-bond donors (Lipinski definition) is 1. The van der Waals surface area contributed by atoms with Crippen LogP contribution >= 0.6 is 11.6 Å². The number of amides is 1. The van der Waals surface area contributed by atoms with Gasteiger partial charge in [0.25, 0.3) is 5.91 Å². The van der Waals surface area contributed by atoms with Gasteiger partial charge in [0, 0.05) is 17.1 Å². The van der Waals surface area contributed by atoms with E-state index in [1.165, 1.54) is 0 Å². The van der Waals surface area contributed by atoms with Crippen LogP contribution in [0.4, 0.5) is 0 Å². The molecule has 1 atom stereocenters.